The van der Waals surface area contributed by atoms with Crippen molar-refractivity contribution in [2.24, 2.45) is 11.1 Å². The smallest absolute Gasteiger partial charge is 0.291 e. The molecule has 1 fully saturated rings. The molecule has 3 rings (SSSR count). The fourth-order valence-corrected chi connectivity index (χ4v) is 2.42. The lowest BCUT2D eigenvalue weighted by Crippen LogP contribution is -2.44. The van der Waals surface area contributed by atoms with E-state index in [2.05, 4.69) is 33.3 Å². The number of nitrogens with one attached hydrogen (secondary N) is 2. The molecule has 0 atom stereocenters. The Morgan fingerprint density at radius 2 is 2.21 bits per heavy atom. The van der Waals surface area contributed by atoms with E-state index >= 15 is 0 Å². The second-order valence-corrected chi connectivity index (χ2v) is 5.45. The van der Waals surface area contributed by atoms with Gasteiger partial charge in [-0.2, -0.15) is 5.10 Å². The van der Waals surface area contributed by atoms with Crippen molar-refractivity contribution in [3.8, 4) is 0 Å². The van der Waals surface area contributed by atoms with Gasteiger partial charge in [0.1, 0.15) is 11.7 Å². The number of aromatic nitrogens is 4. The number of piperidine rings is 1. The van der Waals surface area contributed by atoms with E-state index in [1.807, 2.05) is 4.90 Å². The Hall–Kier alpha value is -1.89. The number of aromatic amines is 2. The van der Waals surface area contributed by atoms with Gasteiger partial charge in [0.2, 0.25) is 0 Å². The van der Waals surface area contributed by atoms with Gasteiger partial charge in [-0.05, 0) is 24.8 Å². The summed E-state index contributed by atoms with van der Waals surface area (Å²) in [4.78, 5) is 21.1. The molecule has 0 saturated carbocycles. The number of H-pyrrole nitrogens is 2. The molecular formula is C12H17N6O. The van der Waals surface area contributed by atoms with Crippen molar-refractivity contribution >= 4 is 17.0 Å². The van der Waals surface area contributed by atoms with Gasteiger partial charge in [0.25, 0.3) is 5.56 Å². The highest BCUT2D eigenvalue weighted by molar-refractivity contribution is 5.69. The molecule has 101 valence electrons. The predicted molar refractivity (Wildman–Crippen MR) is 72.0 cm³/mol. The zero-order chi connectivity index (χ0) is 13.5. The molecule has 3 heterocycles. The van der Waals surface area contributed by atoms with Crippen molar-refractivity contribution < 1.29 is 0 Å². The molecule has 0 aliphatic carbocycles. The molecular weight excluding hydrogens is 244 g/mol. The number of anilines is 1. The summed E-state index contributed by atoms with van der Waals surface area (Å²) in [6.07, 6.45) is 4.59. The van der Waals surface area contributed by atoms with Gasteiger partial charge in [0.05, 0.1) is 0 Å². The van der Waals surface area contributed by atoms with E-state index < -0.39 is 0 Å². The average Bonchev–Trinajstić information content (AvgIpc) is 2.86. The number of nitrogens with zero attached hydrogens (tertiary/aromatic N) is 3. The normalized spacial score (nSPS) is 18.9. The van der Waals surface area contributed by atoms with Crippen LogP contribution >= 0.6 is 0 Å². The highest BCUT2D eigenvalue weighted by Gasteiger charge is 2.30. The maximum Gasteiger partial charge on any atom is 0.291 e. The van der Waals surface area contributed by atoms with Crippen LogP contribution in [0.4, 0.5) is 5.82 Å². The molecule has 7 nitrogen and oxygen atoms in total. The van der Waals surface area contributed by atoms with Crippen LogP contribution < -0.4 is 16.2 Å². The first-order valence-electron chi connectivity index (χ1n) is 6.42. The third-order valence-corrected chi connectivity index (χ3v) is 3.99. The van der Waals surface area contributed by atoms with Gasteiger partial charge in [-0.15, -0.1) is 0 Å². The van der Waals surface area contributed by atoms with Crippen LogP contribution in [0.2, 0.25) is 0 Å². The molecule has 0 unspecified atom stereocenters. The Labute approximate surface area is 110 Å². The molecule has 2 aromatic rings. The van der Waals surface area contributed by atoms with Crippen molar-refractivity contribution in [3.05, 3.63) is 16.6 Å². The van der Waals surface area contributed by atoms with Gasteiger partial charge in [0.15, 0.2) is 11.5 Å². The lowest BCUT2D eigenvalue weighted by atomic mass is 9.80. The highest BCUT2D eigenvalue weighted by atomic mass is 16.1. The second kappa shape index (κ2) is 4.34. The molecule has 1 saturated heterocycles. The van der Waals surface area contributed by atoms with E-state index in [-0.39, 0.29) is 11.0 Å². The zero-order valence-corrected chi connectivity index (χ0v) is 10.9. The summed E-state index contributed by atoms with van der Waals surface area (Å²) in [5.41, 5.74) is 6.84. The van der Waals surface area contributed by atoms with Gasteiger partial charge in [-0.1, -0.05) is 6.92 Å². The van der Waals surface area contributed by atoms with Crippen molar-refractivity contribution in [1.29, 1.82) is 0 Å². The summed E-state index contributed by atoms with van der Waals surface area (Å²) in [6.45, 7) is 4.47. The molecule has 2 aromatic heterocycles. The van der Waals surface area contributed by atoms with E-state index in [0.717, 1.165) is 25.9 Å². The van der Waals surface area contributed by atoms with Crippen LogP contribution in [0.15, 0.2) is 4.79 Å². The molecule has 1 aliphatic rings. The molecule has 19 heavy (non-hydrogen) atoms. The van der Waals surface area contributed by atoms with Crippen molar-refractivity contribution in [1.82, 2.24) is 20.2 Å². The Balaban J connectivity index is 1.89. The third kappa shape index (κ3) is 2.10. The molecule has 0 spiro atoms. The number of rotatable bonds is 2. The van der Waals surface area contributed by atoms with E-state index in [4.69, 9.17) is 5.73 Å². The summed E-state index contributed by atoms with van der Waals surface area (Å²) in [6, 6.07) is 0. The molecule has 0 amide bonds. The topological polar surface area (TPSA) is 104 Å². The van der Waals surface area contributed by atoms with Crippen LogP contribution in [0.5, 0.6) is 0 Å². The van der Waals surface area contributed by atoms with Crippen molar-refractivity contribution in [2.75, 3.05) is 24.5 Å². The zero-order valence-electron chi connectivity index (χ0n) is 10.9. The second-order valence-electron chi connectivity index (χ2n) is 5.45. The first kappa shape index (κ1) is 12.2. The third-order valence-electron chi connectivity index (χ3n) is 3.99. The molecule has 0 aromatic carbocycles. The van der Waals surface area contributed by atoms with Gasteiger partial charge >= 0.3 is 0 Å². The predicted octanol–water partition coefficient (Wildman–Crippen LogP) is 0.0116. The lowest BCUT2D eigenvalue weighted by Gasteiger charge is -2.38. The minimum Gasteiger partial charge on any atom is -0.352 e. The van der Waals surface area contributed by atoms with E-state index in [1.54, 1.807) is 0 Å². The van der Waals surface area contributed by atoms with Crippen LogP contribution in [-0.2, 0) is 0 Å². The number of hydrogen-bond acceptors (Lipinski definition) is 5. The van der Waals surface area contributed by atoms with Crippen LogP contribution in [0.3, 0.4) is 0 Å². The van der Waals surface area contributed by atoms with E-state index in [0.29, 0.717) is 23.5 Å². The monoisotopic (exact) mass is 261 g/mol. The fraction of sp³-hybridized carbons (Fsp3) is 0.583. The van der Waals surface area contributed by atoms with Crippen molar-refractivity contribution in [3.63, 3.8) is 0 Å². The molecule has 4 N–H and O–H groups in total. The highest BCUT2D eigenvalue weighted by Crippen LogP contribution is 2.30. The summed E-state index contributed by atoms with van der Waals surface area (Å²) in [5, 5.41) is 6.47. The fourth-order valence-electron chi connectivity index (χ4n) is 2.42. The summed E-state index contributed by atoms with van der Waals surface area (Å²) in [7, 11) is 0. The van der Waals surface area contributed by atoms with Gasteiger partial charge in [-0.3, -0.25) is 9.89 Å². The van der Waals surface area contributed by atoms with Crippen LogP contribution in [0.1, 0.15) is 19.8 Å². The number of nitrogens with two attached hydrogens (primary N) is 1. The van der Waals surface area contributed by atoms with Crippen LogP contribution in [-0.4, -0.2) is 39.8 Å². The molecule has 7 heteroatoms. The lowest BCUT2D eigenvalue weighted by molar-refractivity contribution is 0.257. The number of hydrogen-bond donors (Lipinski definition) is 3. The minimum absolute atomic E-state index is 0.176. The van der Waals surface area contributed by atoms with Crippen LogP contribution in [0, 0.1) is 11.6 Å². The molecule has 0 bridgehead atoms. The Bertz CT molecular complexity index is 637. The maximum atomic E-state index is 12.0. The molecule has 1 radical (unpaired) electrons. The first-order valence-corrected chi connectivity index (χ1v) is 6.42. The van der Waals surface area contributed by atoms with Gasteiger partial charge in [-0.25, -0.2) is 4.98 Å². The summed E-state index contributed by atoms with van der Waals surface area (Å²) >= 11 is 0. The first-order chi connectivity index (χ1) is 9.11. The Morgan fingerprint density at radius 3 is 2.89 bits per heavy atom. The van der Waals surface area contributed by atoms with Gasteiger partial charge < -0.3 is 15.6 Å². The Kier molecular flexibility index (Phi) is 2.78. The summed E-state index contributed by atoms with van der Waals surface area (Å²) < 4.78 is 0. The van der Waals surface area contributed by atoms with Crippen molar-refractivity contribution in [2.45, 2.75) is 19.8 Å². The minimum atomic E-state index is -0.193. The maximum absolute atomic E-state index is 12.0. The summed E-state index contributed by atoms with van der Waals surface area (Å²) in [5.74, 6) is 0.448. The largest absolute Gasteiger partial charge is 0.352 e. The number of fused-ring (bicyclic) bond motifs is 1. The molecule has 1 aliphatic heterocycles. The van der Waals surface area contributed by atoms with Gasteiger partial charge in [0, 0.05) is 13.1 Å². The standard InChI is InChI=1S/C12H17N6O/c1-12(7-13)2-4-18(5-3-12)10-11(19)15-8-6-14-17-9(8)16-10/h2-5,7,13H2,1H3,(H,15,19)(H,14,16,17). The van der Waals surface area contributed by atoms with Crippen LogP contribution in [0.25, 0.3) is 11.2 Å². The quantitative estimate of drug-likeness (QED) is 0.706. The van der Waals surface area contributed by atoms with E-state index in [9.17, 15) is 4.79 Å². The average molecular weight is 261 g/mol. The van der Waals surface area contributed by atoms with E-state index in [1.165, 1.54) is 0 Å². The SMILES string of the molecule is CC1(CN)CCN(c2nc3[nH]n[c]c3[nH]c2=O)CC1. The Morgan fingerprint density at radius 1 is 1.47 bits per heavy atom.